The third kappa shape index (κ3) is 2.33. The van der Waals surface area contributed by atoms with E-state index in [-0.39, 0.29) is 0 Å². The fourth-order valence-electron chi connectivity index (χ4n) is 2.16. The fourth-order valence-corrected chi connectivity index (χ4v) is 2.16. The molecule has 1 nitrogen and oxygen atoms in total. The molecular formula is C11H20O. The van der Waals surface area contributed by atoms with Crippen molar-refractivity contribution in [3.63, 3.8) is 0 Å². The van der Waals surface area contributed by atoms with Gasteiger partial charge in [-0.1, -0.05) is 20.8 Å². The predicted molar refractivity (Wildman–Crippen MR) is 51.0 cm³/mol. The molecule has 1 saturated carbocycles. The van der Waals surface area contributed by atoms with Crippen molar-refractivity contribution in [3.8, 4) is 0 Å². The summed E-state index contributed by atoms with van der Waals surface area (Å²) in [6.45, 7) is 6.62. The van der Waals surface area contributed by atoms with Crippen LogP contribution in [0.3, 0.4) is 0 Å². The van der Waals surface area contributed by atoms with Crippen LogP contribution in [0.5, 0.6) is 0 Å². The predicted octanol–water partition coefficient (Wildman–Crippen LogP) is 3.18. The summed E-state index contributed by atoms with van der Waals surface area (Å²) >= 11 is 0. The highest BCUT2D eigenvalue weighted by Gasteiger charge is 2.33. The zero-order valence-electron chi connectivity index (χ0n) is 8.52. The molecule has 1 aliphatic carbocycles. The molecule has 1 rings (SSSR count). The molecule has 0 radical (unpaired) electrons. The van der Waals surface area contributed by atoms with Gasteiger partial charge in [-0.2, -0.15) is 0 Å². The summed E-state index contributed by atoms with van der Waals surface area (Å²) in [5.74, 6) is 0.892. The van der Waals surface area contributed by atoms with Crippen LogP contribution in [0.15, 0.2) is 0 Å². The Hall–Kier alpha value is -0.330. The van der Waals surface area contributed by atoms with E-state index in [9.17, 15) is 4.79 Å². The van der Waals surface area contributed by atoms with E-state index < -0.39 is 0 Å². The normalized spacial score (nSPS) is 27.4. The molecule has 0 amide bonds. The van der Waals surface area contributed by atoms with Crippen LogP contribution in [0.2, 0.25) is 0 Å². The molecule has 1 atom stereocenters. The number of Topliss-reactive ketones (excluding diaryl/α,β-unsaturated/α-hetero) is 1. The summed E-state index contributed by atoms with van der Waals surface area (Å²) in [6, 6.07) is 0. The molecule has 0 aromatic rings. The Morgan fingerprint density at radius 3 is 2.58 bits per heavy atom. The van der Waals surface area contributed by atoms with Crippen molar-refractivity contribution in [1.82, 2.24) is 0 Å². The number of hydrogen-bond acceptors (Lipinski definition) is 1. The Balaban J connectivity index is 2.41. The molecule has 0 heterocycles. The van der Waals surface area contributed by atoms with Crippen LogP contribution in [0.25, 0.3) is 0 Å². The first kappa shape index (κ1) is 9.76. The van der Waals surface area contributed by atoms with Crippen LogP contribution >= 0.6 is 0 Å². The third-order valence-corrected chi connectivity index (χ3v) is 2.92. The van der Waals surface area contributed by atoms with Gasteiger partial charge < -0.3 is 0 Å². The number of carbonyl (C=O) groups is 1. The Morgan fingerprint density at radius 2 is 2.17 bits per heavy atom. The average molecular weight is 168 g/mol. The summed E-state index contributed by atoms with van der Waals surface area (Å²) in [4.78, 5) is 11.5. The second-order valence-electron chi connectivity index (χ2n) is 4.82. The van der Waals surface area contributed by atoms with E-state index in [1.165, 1.54) is 6.42 Å². The van der Waals surface area contributed by atoms with Crippen LogP contribution in [-0.2, 0) is 4.79 Å². The van der Waals surface area contributed by atoms with Crippen LogP contribution in [0, 0.1) is 11.3 Å². The fraction of sp³-hybridized carbons (Fsp3) is 0.909. The summed E-state index contributed by atoms with van der Waals surface area (Å²) in [6.07, 6.45) is 5.28. The summed E-state index contributed by atoms with van der Waals surface area (Å²) < 4.78 is 0. The van der Waals surface area contributed by atoms with Crippen molar-refractivity contribution in [3.05, 3.63) is 0 Å². The largest absolute Gasteiger partial charge is 0.299 e. The van der Waals surface area contributed by atoms with E-state index in [1.54, 1.807) is 0 Å². The maximum absolute atomic E-state index is 11.5. The average Bonchev–Trinajstić information content (AvgIpc) is 2.31. The molecule has 1 fully saturated rings. The van der Waals surface area contributed by atoms with E-state index in [4.69, 9.17) is 0 Å². The molecule has 1 aliphatic rings. The van der Waals surface area contributed by atoms with E-state index in [1.807, 2.05) is 0 Å². The molecule has 0 aromatic heterocycles. The molecule has 0 aromatic carbocycles. The van der Waals surface area contributed by atoms with Gasteiger partial charge in [-0.05, 0) is 31.1 Å². The molecular weight excluding hydrogens is 148 g/mol. The minimum Gasteiger partial charge on any atom is -0.299 e. The Kier molecular flexibility index (Phi) is 2.92. The highest BCUT2D eigenvalue weighted by atomic mass is 16.1. The minimum absolute atomic E-state index is 0.389. The Morgan fingerprint density at radius 1 is 1.50 bits per heavy atom. The van der Waals surface area contributed by atoms with Gasteiger partial charge in [-0.15, -0.1) is 0 Å². The summed E-state index contributed by atoms with van der Waals surface area (Å²) in [5.41, 5.74) is 0.425. The van der Waals surface area contributed by atoms with Crippen molar-refractivity contribution >= 4 is 5.78 Å². The third-order valence-electron chi connectivity index (χ3n) is 2.92. The molecule has 0 N–H and O–H groups in total. The molecule has 1 heteroatoms. The van der Waals surface area contributed by atoms with Crippen LogP contribution < -0.4 is 0 Å². The van der Waals surface area contributed by atoms with Crippen molar-refractivity contribution in [2.45, 2.75) is 52.9 Å². The molecule has 70 valence electrons. The van der Waals surface area contributed by atoms with Crippen LogP contribution in [0.4, 0.5) is 0 Å². The highest BCUT2D eigenvalue weighted by molar-refractivity contribution is 5.81. The molecule has 0 bridgehead atoms. The molecule has 0 spiro atoms. The second kappa shape index (κ2) is 3.59. The lowest BCUT2D eigenvalue weighted by molar-refractivity contribution is -0.122. The minimum atomic E-state index is 0.389. The van der Waals surface area contributed by atoms with E-state index in [2.05, 4.69) is 20.8 Å². The number of carbonyl (C=O) groups excluding carboxylic acids is 1. The van der Waals surface area contributed by atoms with Crippen molar-refractivity contribution in [2.75, 3.05) is 0 Å². The van der Waals surface area contributed by atoms with Crippen molar-refractivity contribution in [1.29, 1.82) is 0 Å². The topological polar surface area (TPSA) is 17.1 Å². The van der Waals surface area contributed by atoms with Crippen LogP contribution in [-0.4, -0.2) is 5.78 Å². The molecule has 0 saturated heterocycles. The monoisotopic (exact) mass is 168 g/mol. The van der Waals surface area contributed by atoms with Gasteiger partial charge >= 0.3 is 0 Å². The zero-order chi connectivity index (χ0) is 9.19. The van der Waals surface area contributed by atoms with Gasteiger partial charge in [0.1, 0.15) is 5.78 Å². The van der Waals surface area contributed by atoms with Gasteiger partial charge in [0.15, 0.2) is 0 Å². The molecule has 0 aliphatic heterocycles. The Bertz CT molecular complexity index is 170. The smallest absolute Gasteiger partial charge is 0.135 e. The van der Waals surface area contributed by atoms with Crippen molar-refractivity contribution < 1.29 is 4.79 Å². The molecule has 12 heavy (non-hydrogen) atoms. The Labute approximate surface area is 75.5 Å². The first-order valence-corrected chi connectivity index (χ1v) is 5.08. The zero-order valence-corrected chi connectivity index (χ0v) is 8.52. The summed E-state index contributed by atoms with van der Waals surface area (Å²) in [5, 5.41) is 0. The van der Waals surface area contributed by atoms with Crippen molar-refractivity contribution in [2.24, 2.45) is 11.3 Å². The van der Waals surface area contributed by atoms with Gasteiger partial charge in [0.25, 0.3) is 0 Å². The quantitative estimate of drug-likeness (QED) is 0.632. The van der Waals surface area contributed by atoms with E-state index in [0.29, 0.717) is 17.1 Å². The number of rotatable bonds is 3. The second-order valence-corrected chi connectivity index (χ2v) is 4.82. The standard InChI is InChI=1S/C11H20O/c1-4-5-10(12)9-6-7-11(2,3)8-9/h9H,4-8H2,1-3H3. The maximum Gasteiger partial charge on any atom is 0.135 e. The highest BCUT2D eigenvalue weighted by Crippen LogP contribution is 2.41. The lowest BCUT2D eigenvalue weighted by Crippen LogP contribution is -2.13. The lowest BCUT2D eigenvalue weighted by atomic mass is 9.89. The van der Waals surface area contributed by atoms with Gasteiger partial charge in [0, 0.05) is 12.3 Å². The summed E-state index contributed by atoms with van der Waals surface area (Å²) in [7, 11) is 0. The van der Waals surface area contributed by atoms with Crippen LogP contribution in [0.1, 0.15) is 52.9 Å². The van der Waals surface area contributed by atoms with E-state index >= 15 is 0 Å². The lowest BCUT2D eigenvalue weighted by Gasteiger charge is -2.16. The number of ketones is 1. The number of hydrogen-bond donors (Lipinski definition) is 0. The van der Waals surface area contributed by atoms with Gasteiger partial charge in [0.05, 0.1) is 0 Å². The van der Waals surface area contributed by atoms with Gasteiger partial charge in [0.2, 0.25) is 0 Å². The van der Waals surface area contributed by atoms with Gasteiger partial charge in [-0.25, -0.2) is 0 Å². The maximum atomic E-state index is 11.5. The first-order valence-electron chi connectivity index (χ1n) is 5.08. The SMILES string of the molecule is CCCC(=O)C1CCC(C)(C)C1. The first-order chi connectivity index (χ1) is 5.55. The molecule has 1 unspecified atom stereocenters. The van der Waals surface area contributed by atoms with E-state index in [0.717, 1.165) is 25.7 Å². The van der Waals surface area contributed by atoms with Gasteiger partial charge in [-0.3, -0.25) is 4.79 Å².